The molecule has 6 nitrogen and oxygen atoms in total. The lowest BCUT2D eigenvalue weighted by atomic mass is 9.88. The van der Waals surface area contributed by atoms with Gasteiger partial charge >= 0.3 is 0 Å². The summed E-state index contributed by atoms with van der Waals surface area (Å²) in [5.74, 6) is 0.760. The number of nitrogens with zero attached hydrogens (tertiary/aromatic N) is 2. The molecule has 28 heavy (non-hydrogen) atoms. The molecule has 0 N–H and O–H groups in total. The van der Waals surface area contributed by atoms with Gasteiger partial charge in [0.15, 0.2) is 5.78 Å². The number of ketones is 2. The van der Waals surface area contributed by atoms with Crippen LogP contribution in [0.25, 0.3) is 0 Å². The number of benzene rings is 1. The third-order valence-electron chi connectivity index (χ3n) is 5.59. The fraction of sp³-hybridized carbons (Fsp3) is 0.455. The molecule has 0 radical (unpaired) electrons. The van der Waals surface area contributed by atoms with E-state index in [1.54, 1.807) is 18.7 Å². The number of Topliss-reactive ketones (excluding diaryl/α,β-unsaturated/α-hetero) is 2. The molecule has 0 aliphatic carbocycles. The van der Waals surface area contributed by atoms with Gasteiger partial charge in [0.25, 0.3) is 0 Å². The number of likely N-dealkylation sites (tertiary alicyclic amines) is 1. The Morgan fingerprint density at radius 2 is 1.86 bits per heavy atom. The van der Waals surface area contributed by atoms with Gasteiger partial charge in [-0.2, -0.15) is 0 Å². The van der Waals surface area contributed by atoms with Gasteiger partial charge in [-0.25, -0.2) is 0 Å². The second-order valence-corrected chi connectivity index (χ2v) is 7.58. The summed E-state index contributed by atoms with van der Waals surface area (Å²) in [7, 11) is 0. The Hall–Kier alpha value is -2.76. The van der Waals surface area contributed by atoms with Crippen LogP contribution in [0.15, 0.2) is 28.9 Å². The molecule has 0 spiro atoms. The molecule has 2 aromatic rings. The van der Waals surface area contributed by atoms with Crippen LogP contribution < -0.4 is 0 Å². The van der Waals surface area contributed by atoms with Crippen LogP contribution in [0.1, 0.15) is 52.6 Å². The Labute approximate surface area is 164 Å². The van der Waals surface area contributed by atoms with Crippen LogP contribution in [-0.2, 0) is 22.4 Å². The second-order valence-electron chi connectivity index (χ2n) is 7.58. The SMILES string of the molecule is CC(=O)N1CCC(C(=O)Cc2ccc(C)c(CC(=O)c3cnoc3C)c2)CC1. The van der Waals surface area contributed by atoms with E-state index in [0.29, 0.717) is 30.8 Å². The van der Waals surface area contributed by atoms with Crippen LogP contribution in [0, 0.1) is 19.8 Å². The summed E-state index contributed by atoms with van der Waals surface area (Å²) >= 11 is 0. The highest BCUT2D eigenvalue weighted by Crippen LogP contribution is 2.22. The zero-order valence-electron chi connectivity index (χ0n) is 16.7. The molecular weight excluding hydrogens is 356 g/mol. The molecule has 1 amide bonds. The maximum atomic E-state index is 12.7. The Bertz CT molecular complexity index is 892. The van der Waals surface area contributed by atoms with E-state index >= 15 is 0 Å². The first kappa shape index (κ1) is 20.0. The average molecular weight is 382 g/mol. The van der Waals surface area contributed by atoms with E-state index in [1.807, 2.05) is 25.1 Å². The van der Waals surface area contributed by atoms with Gasteiger partial charge in [-0.3, -0.25) is 14.4 Å². The fourth-order valence-corrected chi connectivity index (χ4v) is 3.72. The highest BCUT2D eigenvalue weighted by Gasteiger charge is 2.26. The number of piperidine rings is 1. The van der Waals surface area contributed by atoms with Crippen LogP contribution in [0.5, 0.6) is 0 Å². The molecule has 2 heterocycles. The number of hydrogen-bond acceptors (Lipinski definition) is 5. The number of aromatic nitrogens is 1. The smallest absolute Gasteiger partial charge is 0.219 e. The lowest BCUT2D eigenvalue weighted by Gasteiger charge is -2.30. The third kappa shape index (κ3) is 4.55. The summed E-state index contributed by atoms with van der Waals surface area (Å²) in [6.07, 6.45) is 3.52. The molecule has 1 aromatic heterocycles. The van der Waals surface area contributed by atoms with Crippen LogP contribution in [0.2, 0.25) is 0 Å². The first-order valence-corrected chi connectivity index (χ1v) is 9.66. The van der Waals surface area contributed by atoms with Crippen LogP contribution in [0.3, 0.4) is 0 Å². The molecule has 148 valence electrons. The molecular formula is C22H26N2O4. The van der Waals surface area contributed by atoms with E-state index in [0.717, 1.165) is 29.5 Å². The maximum Gasteiger partial charge on any atom is 0.219 e. The molecule has 0 bridgehead atoms. The molecule has 0 unspecified atom stereocenters. The van der Waals surface area contributed by atoms with E-state index in [-0.39, 0.29) is 29.8 Å². The fourth-order valence-electron chi connectivity index (χ4n) is 3.72. The Morgan fingerprint density at radius 1 is 1.14 bits per heavy atom. The molecule has 1 fully saturated rings. The Morgan fingerprint density at radius 3 is 2.46 bits per heavy atom. The zero-order chi connectivity index (χ0) is 20.3. The normalized spacial score (nSPS) is 14.9. The topological polar surface area (TPSA) is 80.5 Å². The van der Waals surface area contributed by atoms with Crippen molar-refractivity contribution in [2.24, 2.45) is 5.92 Å². The van der Waals surface area contributed by atoms with Crippen molar-refractivity contribution in [2.45, 2.75) is 46.5 Å². The summed E-state index contributed by atoms with van der Waals surface area (Å²) < 4.78 is 4.98. The average Bonchev–Trinajstić information content (AvgIpc) is 3.10. The van der Waals surface area contributed by atoms with Crippen LogP contribution in [-0.4, -0.2) is 40.6 Å². The van der Waals surface area contributed by atoms with Gasteiger partial charge in [0.1, 0.15) is 11.5 Å². The van der Waals surface area contributed by atoms with Crippen LogP contribution in [0.4, 0.5) is 0 Å². The summed E-state index contributed by atoms with van der Waals surface area (Å²) in [5, 5.41) is 3.67. The quantitative estimate of drug-likeness (QED) is 0.717. The van der Waals surface area contributed by atoms with E-state index in [2.05, 4.69) is 5.16 Å². The van der Waals surface area contributed by atoms with E-state index in [9.17, 15) is 14.4 Å². The number of rotatable bonds is 6. The molecule has 1 aliphatic heterocycles. The summed E-state index contributed by atoms with van der Waals surface area (Å²) in [5.41, 5.74) is 3.36. The molecule has 6 heteroatoms. The van der Waals surface area contributed by atoms with Crippen molar-refractivity contribution in [1.29, 1.82) is 0 Å². The Kier molecular flexibility index (Phi) is 6.07. The number of carbonyl (C=O) groups excluding carboxylic acids is 3. The van der Waals surface area contributed by atoms with Gasteiger partial charge in [-0.15, -0.1) is 0 Å². The van der Waals surface area contributed by atoms with Crippen molar-refractivity contribution < 1.29 is 18.9 Å². The number of hydrogen-bond donors (Lipinski definition) is 0. The van der Waals surface area contributed by atoms with Crippen LogP contribution >= 0.6 is 0 Å². The predicted octanol–water partition coefficient (Wildman–Crippen LogP) is 3.09. The number of carbonyl (C=O) groups is 3. The number of amides is 1. The summed E-state index contributed by atoms with van der Waals surface area (Å²) in [6, 6.07) is 5.87. The van der Waals surface area contributed by atoms with Crippen molar-refractivity contribution >= 4 is 17.5 Å². The number of aryl methyl sites for hydroxylation is 2. The highest BCUT2D eigenvalue weighted by molar-refractivity contribution is 5.98. The third-order valence-corrected chi connectivity index (χ3v) is 5.59. The van der Waals surface area contributed by atoms with Gasteiger partial charge in [-0.1, -0.05) is 23.4 Å². The lowest BCUT2D eigenvalue weighted by Crippen LogP contribution is -2.39. The second kappa shape index (κ2) is 8.50. The molecule has 0 saturated carbocycles. The predicted molar refractivity (Wildman–Crippen MR) is 104 cm³/mol. The maximum absolute atomic E-state index is 12.7. The standard InChI is InChI=1S/C22H26N2O4/c1-14-4-5-17(10-19(14)12-22(27)20-13-23-28-15(20)2)11-21(26)18-6-8-24(9-7-18)16(3)25/h4-5,10,13,18H,6-9,11-12H2,1-3H3. The van der Waals surface area contributed by atoms with Gasteiger partial charge in [0, 0.05) is 38.8 Å². The molecule has 3 rings (SSSR count). The minimum atomic E-state index is -0.0399. The monoisotopic (exact) mass is 382 g/mol. The van der Waals surface area contributed by atoms with E-state index in [1.165, 1.54) is 6.20 Å². The van der Waals surface area contributed by atoms with Crippen molar-refractivity contribution in [3.8, 4) is 0 Å². The minimum absolute atomic E-state index is 0.00152. The molecule has 1 aliphatic rings. The first-order valence-electron chi connectivity index (χ1n) is 9.66. The highest BCUT2D eigenvalue weighted by atomic mass is 16.5. The van der Waals surface area contributed by atoms with Gasteiger partial charge in [0.2, 0.25) is 5.91 Å². The lowest BCUT2D eigenvalue weighted by molar-refractivity contribution is -0.133. The largest absolute Gasteiger partial charge is 0.361 e. The van der Waals surface area contributed by atoms with Gasteiger partial charge in [0.05, 0.1) is 11.8 Å². The van der Waals surface area contributed by atoms with E-state index < -0.39 is 0 Å². The minimum Gasteiger partial charge on any atom is -0.361 e. The van der Waals surface area contributed by atoms with Gasteiger partial charge in [-0.05, 0) is 43.4 Å². The van der Waals surface area contributed by atoms with Crippen molar-refractivity contribution in [3.63, 3.8) is 0 Å². The first-order chi connectivity index (χ1) is 13.3. The van der Waals surface area contributed by atoms with E-state index in [4.69, 9.17) is 4.52 Å². The summed E-state index contributed by atoms with van der Waals surface area (Å²) in [6.45, 7) is 6.55. The molecule has 1 aromatic carbocycles. The van der Waals surface area contributed by atoms with Gasteiger partial charge < -0.3 is 9.42 Å². The Balaban J connectivity index is 1.65. The summed E-state index contributed by atoms with van der Waals surface area (Å²) in [4.78, 5) is 38.4. The zero-order valence-corrected chi connectivity index (χ0v) is 16.7. The van der Waals surface area contributed by atoms with Crippen molar-refractivity contribution in [1.82, 2.24) is 10.1 Å². The van der Waals surface area contributed by atoms with Crippen molar-refractivity contribution in [2.75, 3.05) is 13.1 Å². The molecule has 0 atom stereocenters. The molecule has 1 saturated heterocycles. The van der Waals surface area contributed by atoms with Crippen molar-refractivity contribution in [3.05, 3.63) is 52.4 Å².